The first-order valence-corrected chi connectivity index (χ1v) is 6.87. The summed E-state index contributed by atoms with van der Waals surface area (Å²) in [6.45, 7) is 1.88. The number of carboxylic acid groups (broad SMARTS) is 1. The van der Waals surface area contributed by atoms with Crippen LogP contribution in [-0.2, 0) is 9.53 Å². The second-order valence-electron chi connectivity index (χ2n) is 4.13. The van der Waals surface area contributed by atoms with Crippen molar-refractivity contribution in [1.29, 1.82) is 0 Å². The maximum absolute atomic E-state index is 11.7. The minimum absolute atomic E-state index is 0.00131. The molecule has 1 rings (SSSR count). The van der Waals surface area contributed by atoms with Gasteiger partial charge in [-0.05, 0) is 54.1 Å². The molecule has 1 aromatic carbocycles. The van der Waals surface area contributed by atoms with Crippen LogP contribution in [0.2, 0.25) is 0 Å². The molecule has 5 nitrogen and oxygen atoms in total. The van der Waals surface area contributed by atoms with Gasteiger partial charge in [-0.1, -0.05) is 0 Å². The number of hydrogen-bond donors (Lipinski definition) is 2. The number of benzene rings is 1. The van der Waals surface area contributed by atoms with E-state index in [1.807, 2.05) is 29.5 Å². The number of carbonyl (C=O) groups is 2. The SMILES string of the molecule is COC(C)CCC(=O)Nc1ccc(I)cc1C(=O)O. The third-order valence-corrected chi connectivity index (χ3v) is 3.34. The lowest BCUT2D eigenvalue weighted by molar-refractivity contribution is -0.116. The fraction of sp³-hybridized carbons (Fsp3) is 0.385. The lowest BCUT2D eigenvalue weighted by Gasteiger charge is -2.11. The Balaban J connectivity index is 2.71. The number of carboxylic acids is 1. The van der Waals surface area contributed by atoms with Gasteiger partial charge in [0.2, 0.25) is 5.91 Å². The van der Waals surface area contributed by atoms with E-state index in [9.17, 15) is 9.59 Å². The van der Waals surface area contributed by atoms with Crippen molar-refractivity contribution in [3.63, 3.8) is 0 Å². The third-order valence-electron chi connectivity index (χ3n) is 2.67. The maximum Gasteiger partial charge on any atom is 0.337 e. The molecule has 0 spiro atoms. The number of anilines is 1. The molecule has 0 saturated carbocycles. The number of halogens is 1. The maximum atomic E-state index is 11.7. The van der Waals surface area contributed by atoms with Crippen LogP contribution in [0.5, 0.6) is 0 Å². The largest absolute Gasteiger partial charge is 0.478 e. The van der Waals surface area contributed by atoms with Crippen LogP contribution in [0.1, 0.15) is 30.1 Å². The molecule has 0 heterocycles. The predicted molar refractivity (Wildman–Crippen MR) is 80.5 cm³/mol. The van der Waals surface area contributed by atoms with Crippen molar-refractivity contribution in [2.45, 2.75) is 25.9 Å². The molecular weight excluding hydrogens is 361 g/mol. The molecule has 2 N–H and O–H groups in total. The molecule has 0 saturated heterocycles. The van der Waals surface area contributed by atoms with Crippen molar-refractivity contribution in [2.75, 3.05) is 12.4 Å². The zero-order valence-electron chi connectivity index (χ0n) is 10.8. The van der Waals surface area contributed by atoms with Crippen LogP contribution in [0.15, 0.2) is 18.2 Å². The first-order chi connectivity index (χ1) is 8.93. The van der Waals surface area contributed by atoms with Gasteiger partial charge in [0.15, 0.2) is 0 Å². The van der Waals surface area contributed by atoms with Crippen LogP contribution >= 0.6 is 22.6 Å². The second-order valence-corrected chi connectivity index (χ2v) is 5.37. The van der Waals surface area contributed by atoms with Gasteiger partial charge in [-0.2, -0.15) is 0 Å². The van der Waals surface area contributed by atoms with Gasteiger partial charge in [0.1, 0.15) is 0 Å². The number of carbonyl (C=O) groups excluding carboxylic acids is 1. The quantitative estimate of drug-likeness (QED) is 0.748. The predicted octanol–water partition coefficient (Wildman–Crippen LogP) is 2.74. The molecule has 0 aliphatic rings. The van der Waals surface area contributed by atoms with Gasteiger partial charge < -0.3 is 15.2 Å². The summed E-state index contributed by atoms with van der Waals surface area (Å²) < 4.78 is 5.86. The normalized spacial score (nSPS) is 11.9. The summed E-state index contributed by atoms with van der Waals surface area (Å²) in [4.78, 5) is 22.8. The van der Waals surface area contributed by atoms with Gasteiger partial charge in [0.25, 0.3) is 0 Å². The van der Waals surface area contributed by atoms with Crippen LogP contribution in [-0.4, -0.2) is 30.2 Å². The Morgan fingerprint density at radius 1 is 1.47 bits per heavy atom. The zero-order valence-corrected chi connectivity index (χ0v) is 12.9. The van der Waals surface area contributed by atoms with E-state index in [1.165, 1.54) is 6.07 Å². The highest BCUT2D eigenvalue weighted by atomic mass is 127. The van der Waals surface area contributed by atoms with E-state index < -0.39 is 5.97 Å². The fourth-order valence-electron chi connectivity index (χ4n) is 1.47. The number of nitrogens with one attached hydrogen (secondary N) is 1. The van der Waals surface area contributed by atoms with E-state index in [-0.39, 0.29) is 17.6 Å². The summed E-state index contributed by atoms with van der Waals surface area (Å²) in [6, 6.07) is 4.87. The summed E-state index contributed by atoms with van der Waals surface area (Å²) in [7, 11) is 1.59. The summed E-state index contributed by atoms with van der Waals surface area (Å²) in [5.74, 6) is -1.27. The van der Waals surface area contributed by atoms with E-state index >= 15 is 0 Å². The summed E-state index contributed by atoms with van der Waals surface area (Å²) >= 11 is 2.03. The summed E-state index contributed by atoms with van der Waals surface area (Å²) in [5, 5.41) is 11.7. The van der Waals surface area contributed by atoms with Crippen LogP contribution in [0.25, 0.3) is 0 Å². The molecule has 0 aliphatic heterocycles. The highest BCUT2D eigenvalue weighted by Gasteiger charge is 2.13. The second kappa shape index (κ2) is 7.44. The minimum atomic E-state index is -1.06. The average Bonchev–Trinajstić information content (AvgIpc) is 2.37. The Morgan fingerprint density at radius 2 is 2.16 bits per heavy atom. The molecule has 1 unspecified atom stereocenters. The molecule has 1 atom stereocenters. The van der Waals surface area contributed by atoms with Crippen molar-refractivity contribution < 1.29 is 19.4 Å². The lowest BCUT2D eigenvalue weighted by atomic mass is 10.1. The molecule has 0 radical (unpaired) electrons. The minimum Gasteiger partial charge on any atom is -0.478 e. The van der Waals surface area contributed by atoms with Crippen LogP contribution in [0, 0.1) is 3.57 Å². The first kappa shape index (κ1) is 15.9. The molecule has 0 bridgehead atoms. The summed E-state index contributed by atoms with van der Waals surface area (Å²) in [5.41, 5.74) is 0.419. The first-order valence-electron chi connectivity index (χ1n) is 5.79. The Kier molecular flexibility index (Phi) is 6.23. The third kappa shape index (κ3) is 5.15. The van der Waals surface area contributed by atoms with Crippen molar-refractivity contribution in [3.8, 4) is 0 Å². The molecule has 6 heteroatoms. The highest BCUT2D eigenvalue weighted by molar-refractivity contribution is 14.1. The Labute approximate surface area is 125 Å². The van der Waals surface area contributed by atoms with Gasteiger partial charge >= 0.3 is 5.97 Å². The molecule has 0 fully saturated rings. The number of aromatic carboxylic acids is 1. The standard InChI is InChI=1S/C13H16INO4/c1-8(19-2)3-6-12(16)15-11-5-4-9(14)7-10(11)13(17)18/h4-5,7-8H,3,6H2,1-2H3,(H,15,16)(H,17,18). The number of ether oxygens (including phenoxy) is 1. The number of hydrogen-bond acceptors (Lipinski definition) is 3. The van der Waals surface area contributed by atoms with Crippen LogP contribution < -0.4 is 5.32 Å². The van der Waals surface area contributed by atoms with E-state index in [1.54, 1.807) is 19.2 Å². The molecule has 0 aliphatic carbocycles. The fourth-order valence-corrected chi connectivity index (χ4v) is 1.96. The van der Waals surface area contributed by atoms with Crippen molar-refractivity contribution in [1.82, 2.24) is 0 Å². The monoisotopic (exact) mass is 377 g/mol. The van der Waals surface area contributed by atoms with Crippen molar-refractivity contribution in [2.24, 2.45) is 0 Å². The molecular formula is C13H16INO4. The molecule has 19 heavy (non-hydrogen) atoms. The van der Waals surface area contributed by atoms with E-state index in [0.717, 1.165) is 3.57 Å². The molecule has 104 valence electrons. The van der Waals surface area contributed by atoms with Gasteiger partial charge in [0, 0.05) is 17.1 Å². The Morgan fingerprint density at radius 3 is 2.74 bits per heavy atom. The van der Waals surface area contributed by atoms with Crippen LogP contribution in [0.4, 0.5) is 5.69 Å². The van der Waals surface area contributed by atoms with Gasteiger partial charge in [0.05, 0.1) is 17.4 Å². The smallest absolute Gasteiger partial charge is 0.337 e. The van der Waals surface area contributed by atoms with Crippen molar-refractivity contribution in [3.05, 3.63) is 27.3 Å². The van der Waals surface area contributed by atoms with Crippen LogP contribution in [0.3, 0.4) is 0 Å². The number of rotatable bonds is 6. The Bertz CT molecular complexity index is 476. The lowest BCUT2D eigenvalue weighted by Crippen LogP contribution is -2.17. The average molecular weight is 377 g/mol. The van der Waals surface area contributed by atoms with Gasteiger partial charge in [-0.25, -0.2) is 4.79 Å². The number of amides is 1. The molecule has 1 amide bonds. The molecule has 1 aromatic rings. The highest BCUT2D eigenvalue weighted by Crippen LogP contribution is 2.19. The summed E-state index contributed by atoms with van der Waals surface area (Å²) in [6.07, 6.45) is 0.885. The Hall–Kier alpha value is -1.15. The van der Waals surface area contributed by atoms with E-state index in [4.69, 9.17) is 9.84 Å². The van der Waals surface area contributed by atoms with Gasteiger partial charge in [-0.3, -0.25) is 4.79 Å². The van der Waals surface area contributed by atoms with E-state index in [2.05, 4.69) is 5.32 Å². The topological polar surface area (TPSA) is 75.6 Å². The zero-order chi connectivity index (χ0) is 14.4. The number of methoxy groups -OCH3 is 1. The van der Waals surface area contributed by atoms with Crippen molar-refractivity contribution >= 4 is 40.2 Å². The van der Waals surface area contributed by atoms with E-state index in [0.29, 0.717) is 18.5 Å². The van der Waals surface area contributed by atoms with Gasteiger partial charge in [-0.15, -0.1) is 0 Å². The molecule has 0 aromatic heterocycles.